The third kappa shape index (κ3) is 4.76. The van der Waals surface area contributed by atoms with E-state index in [2.05, 4.69) is 0 Å². The fourth-order valence-corrected chi connectivity index (χ4v) is 3.63. The molecule has 3 rings (SSSR count). The van der Waals surface area contributed by atoms with Crippen LogP contribution in [0.2, 0.25) is 0 Å². The monoisotopic (exact) mass is 321 g/mol. The molecule has 0 heterocycles. The van der Waals surface area contributed by atoms with Gasteiger partial charge in [0, 0.05) is 12.1 Å². The summed E-state index contributed by atoms with van der Waals surface area (Å²) in [4.78, 5) is 19.9. The molecular weight excluding hydrogens is 298 g/mol. The van der Waals surface area contributed by atoms with Crippen molar-refractivity contribution < 1.29 is 19.9 Å². The number of nitro groups is 1. The first kappa shape index (κ1) is 17.4. The summed E-state index contributed by atoms with van der Waals surface area (Å²) in [7, 11) is 0. The van der Waals surface area contributed by atoms with E-state index >= 15 is 0 Å². The smallest absolute Gasteiger partial charge is 0.335 e. The lowest BCUT2D eigenvalue weighted by atomic mass is 9.69. The maximum Gasteiger partial charge on any atom is 0.335 e. The molecule has 0 aromatic heterocycles. The van der Waals surface area contributed by atoms with Crippen LogP contribution >= 0.6 is 0 Å². The van der Waals surface area contributed by atoms with Crippen molar-refractivity contribution in [2.45, 2.75) is 51.0 Å². The summed E-state index contributed by atoms with van der Waals surface area (Å²) in [6.07, 6.45) is 9.24. The van der Waals surface area contributed by atoms with Crippen LogP contribution in [0.1, 0.15) is 55.3 Å². The van der Waals surface area contributed by atoms with E-state index in [1.54, 1.807) is 0 Å². The van der Waals surface area contributed by atoms with E-state index in [0.29, 0.717) is 5.92 Å². The van der Waals surface area contributed by atoms with Gasteiger partial charge in [-0.2, -0.15) is 0 Å². The molecule has 0 aliphatic heterocycles. The number of carboxylic acids is 1. The number of hydrogen-bond acceptors (Lipinski definition) is 4. The Morgan fingerprint density at radius 3 is 2.22 bits per heavy atom. The molecule has 23 heavy (non-hydrogen) atoms. The number of nitrogens with zero attached hydrogens (tertiary/aromatic N) is 1. The highest BCUT2D eigenvalue weighted by molar-refractivity contribution is 5.87. The van der Waals surface area contributed by atoms with Crippen LogP contribution in [0, 0.1) is 22.0 Å². The molecule has 6 heteroatoms. The predicted octanol–water partition coefficient (Wildman–Crippen LogP) is 3.63. The molecule has 0 radical (unpaired) electrons. The number of rotatable bonds is 2. The van der Waals surface area contributed by atoms with Gasteiger partial charge in [-0.05, 0) is 43.2 Å². The SMILES string of the molecule is O=C(O)c1ccc([N+](=O)[O-])cc1.OC1CCCC2CCCCC12. The average molecular weight is 321 g/mol. The first-order valence-corrected chi connectivity index (χ1v) is 8.15. The van der Waals surface area contributed by atoms with Crippen LogP contribution in [-0.4, -0.2) is 27.2 Å². The Balaban J connectivity index is 0.000000167. The molecule has 1 aromatic carbocycles. The number of nitro benzene ring substituents is 1. The number of aliphatic hydroxyl groups is 1. The van der Waals surface area contributed by atoms with E-state index in [-0.39, 0.29) is 17.4 Å². The van der Waals surface area contributed by atoms with Crippen LogP contribution < -0.4 is 0 Å². The summed E-state index contributed by atoms with van der Waals surface area (Å²) in [5.74, 6) is 0.467. The quantitative estimate of drug-likeness (QED) is 0.640. The Kier molecular flexibility index (Phi) is 6.10. The highest BCUT2D eigenvalue weighted by Gasteiger charge is 2.33. The van der Waals surface area contributed by atoms with Gasteiger partial charge in [0.1, 0.15) is 0 Å². The van der Waals surface area contributed by atoms with Gasteiger partial charge in [0.05, 0.1) is 16.6 Å². The van der Waals surface area contributed by atoms with Crippen molar-refractivity contribution in [1.29, 1.82) is 0 Å². The van der Waals surface area contributed by atoms with Gasteiger partial charge in [0.2, 0.25) is 0 Å². The number of carboxylic acid groups (broad SMARTS) is 1. The molecular formula is C17H23NO5. The van der Waals surface area contributed by atoms with Gasteiger partial charge in [-0.1, -0.05) is 25.7 Å². The van der Waals surface area contributed by atoms with Crippen LogP contribution in [0.4, 0.5) is 5.69 Å². The van der Waals surface area contributed by atoms with Gasteiger partial charge in [-0.25, -0.2) is 4.79 Å². The zero-order chi connectivity index (χ0) is 16.8. The topological polar surface area (TPSA) is 101 Å². The second-order valence-electron chi connectivity index (χ2n) is 6.32. The number of fused-ring (bicyclic) bond motifs is 1. The Hall–Kier alpha value is -1.95. The maximum absolute atomic E-state index is 10.3. The molecule has 126 valence electrons. The second-order valence-corrected chi connectivity index (χ2v) is 6.32. The molecule has 2 N–H and O–H groups in total. The van der Waals surface area contributed by atoms with Gasteiger partial charge >= 0.3 is 5.97 Å². The average Bonchev–Trinajstić information content (AvgIpc) is 2.56. The molecule has 2 fully saturated rings. The largest absolute Gasteiger partial charge is 0.478 e. The van der Waals surface area contributed by atoms with Crippen molar-refractivity contribution in [3.63, 3.8) is 0 Å². The van der Waals surface area contributed by atoms with Crippen molar-refractivity contribution >= 4 is 11.7 Å². The van der Waals surface area contributed by atoms with Gasteiger partial charge in [-0.3, -0.25) is 10.1 Å². The lowest BCUT2D eigenvalue weighted by molar-refractivity contribution is -0.384. The summed E-state index contributed by atoms with van der Waals surface area (Å²) in [5, 5.41) is 28.3. The van der Waals surface area contributed by atoms with E-state index in [9.17, 15) is 20.0 Å². The van der Waals surface area contributed by atoms with Crippen molar-refractivity contribution in [2.75, 3.05) is 0 Å². The fraction of sp³-hybridized carbons (Fsp3) is 0.588. The Morgan fingerprint density at radius 1 is 1.04 bits per heavy atom. The Bertz CT molecular complexity index is 507. The van der Waals surface area contributed by atoms with Crippen LogP contribution in [0.25, 0.3) is 0 Å². The van der Waals surface area contributed by atoms with Crippen molar-refractivity contribution in [3.8, 4) is 0 Å². The van der Waals surface area contributed by atoms with Crippen molar-refractivity contribution in [2.24, 2.45) is 11.8 Å². The predicted molar refractivity (Wildman–Crippen MR) is 85.4 cm³/mol. The van der Waals surface area contributed by atoms with E-state index < -0.39 is 10.9 Å². The van der Waals surface area contributed by atoms with E-state index in [1.807, 2.05) is 0 Å². The van der Waals surface area contributed by atoms with Crippen molar-refractivity contribution in [1.82, 2.24) is 0 Å². The standard InChI is InChI=1S/C10H18O.C7H5NO4/c11-10-7-3-5-8-4-1-2-6-9(8)10;9-7(10)5-1-3-6(4-2-5)8(11)12/h8-11H,1-7H2;1-4H,(H,9,10). The van der Waals surface area contributed by atoms with Crippen LogP contribution in [-0.2, 0) is 0 Å². The number of hydrogen-bond donors (Lipinski definition) is 2. The molecule has 0 spiro atoms. The van der Waals surface area contributed by atoms with E-state index in [0.717, 1.165) is 24.5 Å². The molecule has 6 nitrogen and oxygen atoms in total. The minimum Gasteiger partial charge on any atom is -0.478 e. The molecule has 0 amide bonds. The van der Waals surface area contributed by atoms with Crippen LogP contribution in [0.5, 0.6) is 0 Å². The molecule has 2 aliphatic rings. The lowest BCUT2D eigenvalue weighted by Gasteiger charge is -2.38. The maximum atomic E-state index is 10.3. The summed E-state index contributed by atoms with van der Waals surface area (Å²) in [5.41, 5.74) is -0.0689. The molecule has 1 aromatic rings. The van der Waals surface area contributed by atoms with E-state index in [4.69, 9.17) is 5.11 Å². The van der Waals surface area contributed by atoms with Gasteiger partial charge in [0.15, 0.2) is 0 Å². The summed E-state index contributed by atoms with van der Waals surface area (Å²) in [6, 6.07) is 4.70. The van der Waals surface area contributed by atoms with Gasteiger partial charge in [-0.15, -0.1) is 0 Å². The number of aromatic carboxylic acids is 1. The third-order valence-corrected chi connectivity index (χ3v) is 4.86. The van der Waals surface area contributed by atoms with Crippen LogP contribution in [0.15, 0.2) is 24.3 Å². The normalized spacial score (nSPS) is 26.4. The van der Waals surface area contributed by atoms with Crippen molar-refractivity contribution in [3.05, 3.63) is 39.9 Å². The number of non-ortho nitro benzene ring substituents is 1. The lowest BCUT2D eigenvalue weighted by Crippen LogP contribution is -2.34. The third-order valence-electron chi connectivity index (χ3n) is 4.86. The minimum atomic E-state index is -1.09. The fourth-order valence-electron chi connectivity index (χ4n) is 3.63. The number of carbonyl (C=O) groups is 1. The first-order valence-electron chi connectivity index (χ1n) is 8.15. The number of benzene rings is 1. The molecule has 0 saturated heterocycles. The summed E-state index contributed by atoms with van der Waals surface area (Å²) < 4.78 is 0. The highest BCUT2D eigenvalue weighted by atomic mass is 16.6. The molecule has 2 aliphatic carbocycles. The van der Waals surface area contributed by atoms with Crippen LogP contribution in [0.3, 0.4) is 0 Å². The zero-order valence-corrected chi connectivity index (χ0v) is 13.1. The zero-order valence-electron chi connectivity index (χ0n) is 13.1. The highest BCUT2D eigenvalue weighted by Crippen LogP contribution is 2.40. The van der Waals surface area contributed by atoms with E-state index in [1.165, 1.54) is 50.7 Å². The van der Waals surface area contributed by atoms with Gasteiger partial charge in [0.25, 0.3) is 5.69 Å². The molecule has 3 atom stereocenters. The number of aliphatic hydroxyl groups excluding tert-OH is 1. The second kappa shape index (κ2) is 8.06. The summed E-state index contributed by atoms with van der Waals surface area (Å²) >= 11 is 0. The molecule has 0 bridgehead atoms. The summed E-state index contributed by atoms with van der Waals surface area (Å²) in [6.45, 7) is 0. The Labute approximate surface area is 135 Å². The molecule has 3 unspecified atom stereocenters. The molecule has 2 saturated carbocycles. The first-order chi connectivity index (χ1) is 11.0. The minimum absolute atomic E-state index is 0.0422. The Morgan fingerprint density at radius 2 is 1.65 bits per heavy atom. The van der Waals surface area contributed by atoms with Gasteiger partial charge < -0.3 is 10.2 Å².